The summed E-state index contributed by atoms with van der Waals surface area (Å²) in [5.41, 5.74) is 5.93. The molecule has 1 aromatic carbocycles. The Kier molecular flexibility index (Phi) is 3.90. The lowest BCUT2D eigenvalue weighted by atomic mass is 9.82. The van der Waals surface area contributed by atoms with Crippen LogP contribution in [0.3, 0.4) is 0 Å². The van der Waals surface area contributed by atoms with Gasteiger partial charge in [-0.1, -0.05) is 37.6 Å². The minimum atomic E-state index is 0.334. The number of benzene rings is 1. The van der Waals surface area contributed by atoms with Crippen LogP contribution in [0.25, 0.3) is 0 Å². The van der Waals surface area contributed by atoms with E-state index in [9.17, 15) is 0 Å². The maximum atomic E-state index is 5.85. The first-order chi connectivity index (χ1) is 9.31. The van der Waals surface area contributed by atoms with Crippen LogP contribution in [0, 0.1) is 17.8 Å². The van der Waals surface area contributed by atoms with E-state index in [1.54, 1.807) is 0 Å². The van der Waals surface area contributed by atoms with E-state index in [4.69, 9.17) is 5.84 Å². The molecule has 0 spiro atoms. The summed E-state index contributed by atoms with van der Waals surface area (Å²) in [4.78, 5) is 0. The van der Waals surface area contributed by atoms with Gasteiger partial charge >= 0.3 is 0 Å². The van der Waals surface area contributed by atoms with E-state index in [0.29, 0.717) is 6.04 Å². The predicted octanol–water partition coefficient (Wildman–Crippen LogP) is 3.58. The summed E-state index contributed by atoms with van der Waals surface area (Å²) in [6.07, 6.45) is 8.17. The van der Waals surface area contributed by atoms with Gasteiger partial charge in [-0.05, 0) is 61.0 Å². The van der Waals surface area contributed by atoms with Gasteiger partial charge in [0.2, 0.25) is 0 Å². The lowest BCUT2D eigenvalue weighted by Crippen LogP contribution is -2.31. The van der Waals surface area contributed by atoms with Crippen LogP contribution in [0.15, 0.2) is 24.3 Å². The number of fused-ring (bicyclic) bond motifs is 2. The van der Waals surface area contributed by atoms with Crippen molar-refractivity contribution < 1.29 is 0 Å². The molecule has 1 aromatic rings. The molecule has 2 nitrogen and oxygen atoms in total. The highest BCUT2D eigenvalue weighted by molar-refractivity contribution is 5.30. The largest absolute Gasteiger partial charge is 0.271 e. The van der Waals surface area contributed by atoms with Gasteiger partial charge in [-0.2, -0.15) is 0 Å². The normalized spacial score (nSPS) is 30.7. The van der Waals surface area contributed by atoms with E-state index in [-0.39, 0.29) is 0 Å². The van der Waals surface area contributed by atoms with Gasteiger partial charge in [0.05, 0.1) is 0 Å². The number of aryl methyl sites for hydroxylation is 1. The third-order valence-corrected chi connectivity index (χ3v) is 5.44. The third kappa shape index (κ3) is 2.56. The minimum absolute atomic E-state index is 0.334. The summed E-state index contributed by atoms with van der Waals surface area (Å²) in [5, 5.41) is 0. The molecule has 2 aliphatic carbocycles. The lowest BCUT2D eigenvalue weighted by molar-refractivity contribution is 0.279. The molecule has 4 unspecified atom stereocenters. The summed E-state index contributed by atoms with van der Waals surface area (Å²) in [6.45, 7) is 2.23. The van der Waals surface area contributed by atoms with Crippen molar-refractivity contribution in [2.75, 3.05) is 0 Å². The van der Waals surface area contributed by atoms with Gasteiger partial charge in [-0.15, -0.1) is 0 Å². The van der Waals surface area contributed by atoms with Gasteiger partial charge in [0.1, 0.15) is 0 Å². The summed E-state index contributed by atoms with van der Waals surface area (Å²) < 4.78 is 0. The highest BCUT2D eigenvalue weighted by Gasteiger charge is 2.40. The van der Waals surface area contributed by atoms with E-state index < -0.39 is 0 Å². The molecule has 2 saturated carbocycles. The topological polar surface area (TPSA) is 38.0 Å². The van der Waals surface area contributed by atoms with Gasteiger partial charge in [0.15, 0.2) is 0 Å². The van der Waals surface area contributed by atoms with Crippen LogP contribution in [0.1, 0.15) is 56.2 Å². The van der Waals surface area contributed by atoms with Gasteiger partial charge in [0.25, 0.3) is 0 Å². The fourth-order valence-corrected chi connectivity index (χ4v) is 4.45. The summed E-state index contributed by atoms with van der Waals surface area (Å²) in [5.74, 6) is 8.75. The lowest BCUT2D eigenvalue weighted by Gasteiger charge is -2.27. The van der Waals surface area contributed by atoms with Crippen molar-refractivity contribution in [2.24, 2.45) is 23.6 Å². The maximum Gasteiger partial charge on any atom is 0.0465 e. The predicted molar refractivity (Wildman–Crippen MR) is 79.4 cm³/mol. The highest BCUT2D eigenvalue weighted by Crippen LogP contribution is 2.50. The zero-order valence-corrected chi connectivity index (χ0v) is 11.9. The van der Waals surface area contributed by atoms with Crippen molar-refractivity contribution >= 4 is 0 Å². The summed E-state index contributed by atoms with van der Waals surface area (Å²) in [6, 6.07) is 9.09. The van der Waals surface area contributed by atoms with Crippen molar-refractivity contribution in [3.63, 3.8) is 0 Å². The molecular weight excluding hydrogens is 232 g/mol. The van der Waals surface area contributed by atoms with Gasteiger partial charge < -0.3 is 0 Å². The van der Waals surface area contributed by atoms with Crippen LogP contribution < -0.4 is 11.3 Å². The van der Waals surface area contributed by atoms with E-state index in [0.717, 1.165) is 24.2 Å². The van der Waals surface area contributed by atoms with E-state index in [1.807, 2.05) is 0 Å². The molecule has 2 fully saturated rings. The smallest absolute Gasteiger partial charge is 0.0465 e. The van der Waals surface area contributed by atoms with Crippen LogP contribution in [0.5, 0.6) is 0 Å². The van der Waals surface area contributed by atoms with Crippen molar-refractivity contribution in [2.45, 2.75) is 51.5 Å². The van der Waals surface area contributed by atoms with Crippen molar-refractivity contribution in [1.29, 1.82) is 0 Å². The molecule has 0 aliphatic heterocycles. The fraction of sp³-hybridized carbons (Fsp3) is 0.647. The molecule has 2 heteroatoms. The SMILES string of the molecule is CCc1ccccc1C(CC1CC2CCC1C2)NN. The molecule has 3 rings (SSSR count). The summed E-state index contributed by atoms with van der Waals surface area (Å²) >= 11 is 0. The van der Waals surface area contributed by atoms with Crippen LogP contribution in [0.4, 0.5) is 0 Å². The number of nitrogens with one attached hydrogen (secondary N) is 1. The van der Waals surface area contributed by atoms with Gasteiger partial charge in [0, 0.05) is 6.04 Å². The van der Waals surface area contributed by atoms with E-state index in [2.05, 4.69) is 36.6 Å². The molecule has 2 bridgehead atoms. The van der Waals surface area contributed by atoms with Crippen molar-refractivity contribution in [3.8, 4) is 0 Å². The molecule has 104 valence electrons. The van der Waals surface area contributed by atoms with Crippen LogP contribution >= 0.6 is 0 Å². The Balaban J connectivity index is 1.73. The molecule has 0 amide bonds. The first-order valence-corrected chi connectivity index (χ1v) is 7.85. The number of nitrogens with two attached hydrogens (primary N) is 1. The number of hydrogen-bond acceptors (Lipinski definition) is 2. The molecule has 19 heavy (non-hydrogen) atoms. The first-order valence-electron chi connectivity index (χ1n) is 7.85. The molecule has 0 radical (unpaired) electrons. The van der Waals surface area contributed by atoms with E-state index >= 15 is 0 Å². The average Bonchev–Trinajstić information content (AvgIpc) is 3.07. The van der Waals surface area contributed by atoms with Gasteiger partial charge in [-0.3, -0.25) is 11.3 Å². The quantitative estimate of drug-likeness (QED) is 0.626. The number of rotatable bonds is 5. The van der Waals surface area contributed by atoms with Crippen molar-refractivity contribution in [1.82, 2.24) is 5.43 Å². The maximum absolute atomic E-state index is 5.85. The molecule has 0 heterocycles. The zero-order chi connectivity index (χ0) is 13.2. The second-order valence-corrected chi connectivity index (χ2v) is 6.44. The zero-order valence-electron chi connectivity index (χ0n) is 11.9. The molecule has 0 saturated heterocycles. The second kappa shape index (κ2) is 5.64. The van der Waals surface area contributed by atoms with E-state index in [1.165, 1.54) is 43.2 Å². The summed E-state index contributed by atoms with van der Waals surface area (Å²) in [7, 11) is 0. The Labute approximate surface area is 116 Å². The molecule has 2 aliphatic rings. The second-order valence-electron chi connectivity index (χ2n) is 6.44. The Morgan fingerprint density at radius 2 is 2.11 bits per heavy atom. The first kappa shape index (κ1) is 13.1. The van der Waals surface area contributed by atoms with Crippen LogP contribution in [-0.2, 0) is 6.42 Å². The van der Waals surface area contributed by atoms with Crippen LogP contribution in [0.2, 0.25) is 0 Å². The minimum Gasteiger partial charge on any atom is -0.271 e. The Hall–Kier alpha value is -0.860. The Bertz CT molecular complexity index is 429. The number of hydrazine groups is 1. The molecular formula is C17H26N2. The van der Waals surface area contributed by atoms with Gasteiger partial charge in [-0.25, -0.2) is 0 Å². The Morgan fingerprint density at radius 3 is 2.74 bits per heavy atom. The molecule has 3 N–H and O–H groups in total. The molecule has 4 atom stereocenters. The number of hydrogen-bond donors (Lipinski definition) is 2. The fourth-order valence-electron chi connectivity index (χ4n) is 4.45. The highest BCUT2D eigenvalue weighted by atomic mass is 15.2. The molecule has 0 aromatic heterocycles. The van der Waals surface area contributed by atoms with Crippen molar-refractivity contribution in [3.05, 3.63) is 35.4 Å². The van der Waals surface area contributed by atoms with Crippen LogP contribution in [-0.4, -0.2) is 0 Å². The monoisotopic (exact) mass is 258 g/mol. The standard InChI is InChI=1S/C17H26N2/c1-2-13-5-3-4-6-16(13)17(19-18)11-15-10-12-7-8-14(15)9-12/h3-6,12,14-15,17,19H,2,7-11,18H2,1H3. The third-order valence-electron chi connectivity index (χ3n) is 5.44. The Morgan fingerprint density at radius 1 is 1.26 bits per heavy atom. The average molecular weight is 258 g/mol.